The third-order valence-corrected chi connectivity index (χ3v) is 0.394. The van der Waals surface area contributed by atoms with Crippen LogP contribution in [0, 0.1) is 12.4 Å². The molecule has 0 fully saturated rings. The first-order valence-corrected chi connectivity index (χ1v) is 1.54. The largest absolute Gasteiger partial charge is 0.495 e. The summed E-state index contributed by atoms with van der Waals surface area (Å²) in [4.78, 5) is 7.08. The fourth-order valence-corrected chi connectivity index (χ4v) is 0.199. The van der Waals surface area contributed by atoms with E-state index in [1.54, 1.807) is 0 Å². The van der Waals surface area contributed by atoms with Crippen LogP contribution >= 0.6 is 0 Å². The molecular weight excluding hydrogens is 628 g/mol. The average Bonchev–Trinajstić information content (AvgIpc) is 1.72. The Kier molecular flexibility index (Phi) is 21.9. The first-order chi connectivity index (χ1) is 3.00. The Morgan fingerprint density at radius 2 is 1.11 bits per heavy atom. The van der Waals surface area contributed by atoms with E-state index in [4.69, 9.17) is 0 Å². The maximum atomic E-state index is 3.54. The molecule has 2 nitrogen and oxygen atoms in total. The molecule has 5 heteroatoms. The molecule has 0 saturated heterocycles. The minimum atomic E-state index is 0. The zero-order valence-corrected chi connectivity index (χ0v) is 13.1. The summed E-state index contributed by atoms with van der Waals surface area (Å²) in [6.45, 7) is 0. The molecular formula is C4H2N2W3-2. The molecule has 1 aromatic rings. The van der Waals surface area contributed by atoms with E-state index < -0.39 is 0 Å². The van der Waals surface area contributed by atoms with E-state index in [0.717, 1.165) is 0 Å². The van der Waals surface area contributed by atoms with Crippen LogP contribution in [0.2, 0.25) is 0 Å². The van der Waals surface area contributed by atoms with Crippen molar-refractivity contribution in [3.8, 4) is 0 Å². The summed E-state index contributed by atoms with van der Waals surface area (Å²) in [5.74, 6) is 0. The van der Waals surface area contributed by atoms with Crippen molar-refractivity contribution in [2.45, 2.75) is 0 Å². The number of hydrogen-bond acceptors (Lipinski definition) is 2. The van der Waals surface area contributed by atoms with Gasteiger partial charge in [0, 0.05) is 63.2 Å². The van der Waals surface area contributed by atoms with Crippen molar-refractivity contribution in [3.63, 3.8) is 0 Å². The van der Waals surface area contributed by atoms with Crippen molar-refractivity contribution in [2.75, 3.05) is 0 Å². The predicted octanol–water partition coefficient (Wildman–Crippen LogP) is 0.0695. The zero-order valence-electron chi connectivity index (χ0n) is 4.27. The van der Waals surface area contributed by atoms with Gasteiger partial charge in [0.1, 0.15) is 0 Å². The quantitative estimate of drug-likeness (QED) is 0.380. The molecule has 0 aliphatic carbocycles. The van der Waals surface area contributed by atoms with Gasteiger partial charge in [-0.15, -0.1) is 0 Å². The van der Waals surface area contributed by atoms with E-state index in [0.29, 0.717) is 0 Å². The molecule has 0 aliphatic rings. The van der Waals surface area contributed by atoms with E-state index >= 15 is 0 Å². The fraction of sp³-hybridized carbons (Fsp3) is 0. The van der Waals surface area contributed by atoms with Crippen LogP contribution < -0.4 is 0 Å². The van der Waals surface area contributed by atoms with Gasteiger partial charge in [0.2, 0.25) is 0 Å². The third-order valence-electron chi connectivity index (χ3n) is 0.394. The van der Waals surface area contributed by atoms with Crippen molar-refractivity contribution >= 4 is 0 Å². The summed E-state index contributed by atoms with van der Waals surface area (Å²) in [7, 11) is 0. The molecule has 0 atom stereocenters. The summed E-state index contributed by atoms with van der Waals surface area (Å²) in [5.41, 5.74) is 0. The Labute approximate surface area is 97.0 Å². The van der Waals surface area contributed by atoms with Crippen LogP contribution in [0.15, 0.2) is 12.4 Å². The molecule has 1 rings (SSSR count). The standard InChI is InChI=1S/C4H2N2.3W/c1-2-6-4-3-5-1;;;/h1,4H;;;/q-2;;;. The molecule has 9 heavy (non-hydrogen) atoms. The molecule has 0 spiro atoms. The predicted molar refractivity (Wildman–Crippen MR) is 19.7 cm³/mol. The number of nitrogens with zero attached hydrogens (tertiary/aromatic N) is 2. The van der Waals surface area contributed by atoms with Crippen molar-refractivity contribution in [1.82, 2.24) is 9.97 Å². The Morgan fingerprint density at radius 1 is 0.778 bits per heavy atom. The SMILES string of the molecule is [W].[W].[W].[c-]1cn[c-]cn1. The number of rotatable bonds is 0. The molecule has 1 heterocycles. The first-order valence-electron chi connectivity index (χ1n) is 1.54. The molecule has 0 bridgehead atoms. The van der Waals surface area contributed by atoms with Crippen LogP contribution in [0.4, 0.5) is 0 Å². The minimum absolute atomic E-state index is 0. The van der Waals surface area contributed by atoms with Gasteiger partial charge in [0.15, 0.2) is 0 Å². The molecule has 0 saturated carbocycles. The normalized spacial score (nSPS) is 5.33. The summed E-state index contributed by atoms with van der Waals surface area (Å²) in [5, 5.41) is 0. The van der Waals surface area contributed by atoms with Crippen LogP contribution in [0.5, 0.6) is 0 Å². The number of aromatic nitrogens is 2. The van der Waals surface area contributed by atoms with Crippen LogP contribution in [0.25, 0.3) is 0 Å². The van der Waals surface area contributed by atoms with Gasteiger partial charge in [0.05, 0.1) is 0 Å². The molecule has 1 aromatic heterocycles. The van der Waals surface area contributed by atoms with Crippen LogP contribution in [0.1, 0.15) is 0 Å². The third kappa shape index (κ3) is 9.14. The van der Waals surface area contributed by atoms with Crippen molar-refractivity contribution in [3.05, 3.63) is 24.8 Å². The smallest absolute Gasteiger partial charge is 0 e. The Bertz CT molecular complexity index is 85.7. The summed E-state index contributed by atoms with van der Waals surface area (Å²) < 4.78 is 0. The molecule has 0 N–H and O–H groups in total. The summed E-state index contributed by atoms with van der Waals surface area (Å²) >= 11 is 0. The van der Waals surface area contributed by atoms with Gasteiger partial charge < -0.3 is 9.97 Å². The van der Waals surface area contributed by atoms with Crippen molar-refractivity contribution < 1.29 is 63.2 Å². The van der Waals surface area contributed by atoms with Crippen LogP contribution in [-0.2, 0) is 63.2 Å². The van der Waals surface area contributed by atoms with E-state index in [1.165, 1.54) is 12.4 Å². The van der Waals surface area contributed by atoms with E-state index in [9.17, 15) is 0 Å². The first kappa shape index (κ1) is 16.6. The monoisotopic (exact) mass is 630 g/mol. The van der Waals surface area contributed by atoms with Gasteiger partial charge >= 0.3 is 0 Å². The van der Waals surface area contributed by atoms with Gasteiger partial charge in [-0.2, -0.15) is 0 Å². The second-order valence-electron chi connectivity index (χ2n) is 0.775. The Morgan fingerprint density at radius 3 is 1.22 bits per heavy atom. The van der Waals surface area contributed by atoms with Crippen molar-refractivity contribution in [1.29, 1.82) is 0 Å². The maximum absolute atomic E-state index is 3.54. The van der Waals surface area contributed by atoms with E-state index in [-0.39, 0.29) is 63.2 Å². The van der Waals surface area contributed by atoms with Crippen molar-refractivity contribution in [2.24, 2.45) is 0 Å². The molecule has 0 unspecified atom stereocenters. The zero-order chi connectivity index (χ0) is 4.24. The van der Waals surface area contributed by atoms with Gasteiger partial charge in [-0.3, -0.25) is 0 Å². The Balaban J connectivity index is -0.000000120. The fourth-order valence-electron chi connectivity index (χ4n) is 0.199. The molecule has 0 radical (unpaired) electrons. The van der Waals surface area contributed by atoms with Crippen LogP contribution in [0.3, 0.4) is 0 Å². The molecule has 0 aromatic carbocycles. The van der Waals surface area contributed by atoms with E-state index in [1.807, 2.05) is 0 Å². The second-order valence-corrected chi connectivity index (χ2v) is 0.775. The van der Waals surface area contributed by atoms with Gasteiger partial charge in [0.25, 0.3) is 0 Å². The topological polar surface area (TPSA) is 25.8 Å². The number of hydrogen-bond donors (Lipinski definition) is 0. The van der Waals surface area contributed by atoms with E-state index in [2.05, 4.69) is 22.4 Å². The van der Waals surface area contributed by atoms with Gasteiger partial charge in [-0.1, -0.05) is 0 Å². The molecule has 0 amide bonds. The second kappa shape index (κ2) is 11.9. The maximum Gasteiger partial charge on any atom is 0 e. The molecule has 0 aliphatic heterocycles. The minimum Gasteiger partial charge on any atom is -0.495 e. The van der Waals surface area contributed by atoms with Crippen LogP contribution in [-0.4, -0.2) is 9.97 Å². The van der Waals surface area contributed by atoms with Gasteiger partial charge in [-0.05, 0) is 0 Å². The Hall–Kier alpha value is 1.14. The molecule has 48 valence electrons. The van der Waals surface area contributed by atoms with Gasteiger partial charge in [-0.25, -0.2) is 24.8 Å². The average molecular weight is 630 g/mol. The summed E-state index contributed by atoms with van der Waals surface area (Å²) in [6, 6.07) is 0. The summed E-state index contributed by atoms with van der Waals surface area (Å²) in [6.07, 6.45) is 7.92.